The van der Waals surface area contributed by atoms with Gasteiger partial charge in [-0.15, -0.1) is 0 Å². The number of nitrogens with one attached hydrogen (secondary N) is 1. The minimum atomic E-state index is -0.881. The van der Waals surface area contributed by atoms with Crippen LogP contribution in [0.1, 0.15) is 24.2 Å². The van der Waals surface area contributed by atoms with Crippen molar-refractivity contribution in [3.63, 3.8) is 0 Å². The Morgan fingerprint density at radius 2 is 1.95 bits per heavy atom. The summed E-state index contributed by atoms with van der Waals surface area (Å²) in [7, 11) is 0. The Bertz CT molecular complexity index is 558. The van der Waals surface area contributed by atoms with Crippen molar-refractivity contribution in [2.75, 3.05) is 19.6 Å². The van der Waals surface area contributed by atoms with Crippen molar-refractivity contribution in [2.45, 2.75) is 13.8 Å². The molecule has 7 nitrogen and oxygen atoms in total. The fraction of sp³-hybridized carbons (Fsp3) is 0.385. The molecule has 21 heavy (non-hydrogen) atoms. The molecular weight excluding hydrogens is 281 g/mol. The van der Waals surface area contributed by atoms with E-state index in [0.29, 0.717) is 13.1 Å². The van der Waals surface area contributed by atoms with Crippen molar-refractivity contribution in [1.82, 2.24) is 10.2 Å². The molecule has 0 spiro atoms. The van der Waals surface area contributed by atoms with Gasteiger partial charge in [0.2, 0.25) is 5.91 Å². The maximum Gasteiger partial charge on any atom is 0.270 e. The van der Waals surface area contributed by atoms with Crippen molar-refractivity contribution in [1.29, 1.82) is 0 Å². The van der Waals surface area contributed by atoms with Gasteiger partial charge in [-0.2, -0.15) is 0 Å². The second-order valence-electron chi connectivity index (χ2n) is 4.17. The highest BCUT2D eigenvalue weighted by molar-refractivity contribution is 5.97. The van der Waals surface area contributed by atoms with Crippen LogP contribution in [-0.4, -0.2) is 41.3 Å². The fourth-order valence-corrected chi connectivity index (χ4v) is 1.74. The lowest BCUT2D eigenvalue weighted by atomic mass is 10.1. The third-order valence-corrected chi connectivity index (χ3v) is 2.92. The number of hydrogen-bond acceptors (Lipinski definition) is 4. The number of amides is 2. The quantitative estimate of drug-likeness (QED) is 0.633. The molecule has 0 aromatic heterocycles. The number of nitrogens with zero attached hydrogens (tertiary/aromatic N) is 2. The first-order valence-electron chi connectivity index (χ1n) is 6.40. The normalized spacial score (nSPS) is 10.0. The highest BCUT2D eigenvalue weighted by Gasteiger charge is 2.18. The zero-order valence-electron chi connectivity index (χ0n) is 11.8. The van der Waals surface area contributed by atoms with Gasteiger partial charge in [0.05, 0.1) is 17.0 Å². The highest BCUT2D eigenvalue weighted by atomic mass is 19.1. The summed E-state index contributed by atoms with van der Waals surface area (Å²) in [6.45, 7) is 4.29. The molecule has 1 aromatic carbocycles. The van der Waals surface area contributed by atoms with Crippen LogP contribution in [-0.2, 0) is 4.79 Å². The van der Waals surface area contributed by atoms with Crippen LogP contribution in [0.4, 0.5) is 10.1 Å². The van der Waals surface area contributed by atoms with Gasteiger partial charge in [0.1, 0.15) is 5.82 Å². The van der Waals surface area contributed by atoms with E-state index in [4.69, 9.17) is 0 Å². The summed E-state index contributed by atoms with van der Waals surface area (Å²) in [5.41, 5.74) is -0.854. The molecule has 0 fully saturated rings. The molecule has 2 amide bonds. The van der Waals surface area contributed by atoms with E-state index in [9.17, 15) is 24.1 Å². The zero-order valence-corrected chi connectivity index (χ0v) is 11.8. The van der Waals surface area contributed by atoms with Gasteiger partial charge in [-0.1, -0.05) is 0 Å². The van der Waals surface area contributed by atoms with Crippen molar-refractivity contribution >= 4 is 17.5 Å². The standard InChI is InChI=1S/C13H16FN3O4/c1-3-16(4-2)12(18)8-15-13(19)10-7-9(17(20)21)5-6-11(10)14/h5-7H,3-4,8H2,1-2H3,(H,15,19). The number of non-ortho nitro benzene ring substituents is 1. The van der Waals surface area contributed by atoms with Gasteiger partial charge in [0.25, 0.3) is 11.6 Å². The van der Waals surface area contributed by atoms with Crippen molar-refractivity contribution in [3.05, 3.63) is 39.7 Å². The van der Waals surface area contributed by atoms with E-state index in [2.05, 4.69) is 5.32 Å². The Balaban J connectivity index is 2.78. The molecule has 0 aliphatic rings. The number of nitro groups is 1. The molecule has 0 unspecified atom stereocenters. The van der Waals surface area contributed by atoms with Crippen LogP contribution in [0.25, 0.3) is 0 Å². The van der Waals surface area contributed by atoms with Crippen LogP contribution < -0.4 is 5.32 Å². The molecule has 0 saturated carbocycles. The number of hydrogen-bond donors (Lipinski definition) is 1. The zero-order chi connectivity index (χ0) is 16.0. The summed E-state index contributed by atoms with van der Waals surface area (Å²) in [6.07, 6.45) is 0. The summed E-state index contributed by atoms with van der Waals surface area (Å²) in [4.78, 5) is 34.9. The van der Waals surface area contributed by atoms with Crippen LogP contribution in [0, 0.1) is 15.9 Å². The number of halogens is 1. The topological polar surface area (TPSA) is 92.6 Å². The molecule has 0 bridgehead atoms. The second kappa shape index (κ2) is 7.32. The largest absolute Gasteiger partial charge is 0.343 e. The van der Waals surface area contributed by atoms with Gasteiger partial charge in [-0.05, 0) is 19.9 Å². The summed E-state index contributed by atoms with van der Waals surface area (Å²) in [5, 5.41) is 12.9. The average Bonchev–Trinajstić information content (AvgIpc) is 2.46. The minimum absolute atomic E-state index is 0.289. The molecule has 8 heteroatoms. The van der Waals surface area contributed by atoms with Crippen LogP contribution >= 0.6 is 0 Å². The smallest absolute Gasteiger partial charge is 0.270 e. The average molecular weight is 297 g/mol. The van der Waals surface area contributed by atoms with Gasteiger partial charge < -0.3 is 10.2 Å². The van der Waals surface area contributed by atoms with E-state index >= 15 is 0 Å². The first-order valence-corrected chi connectivity index (χ1v) is 6.40. The number of rotatable bonds is 6. The van der Waals surface area contributed by atoms with Gasteiger partial charge in [-0.25, -0.2) is 4.39 Å². The van der Waals surface area contributed by atoms with Gasteiger partial charge in [0, 0.05) is 25.2 Å². The van der Waals surface area contributed by atoms with E-state index < -0.39 is 27.9 Å². The van der Waals surface area contributed by atoms with Crippen LogP contribution in [0.2, 0.25) is 0 Å². The Kier molecular flexibility index (Phi) is 5.77. The Hall–Kier alpha value is -2.51. The fourth-order valence-electron chi connectivity index (χ4n) is 1.74. The summed E-state index contributed by atoms with van der Waals surface area (Å²) >= 11 is 0. The number of carbonyl (C=O) groups is 2. The van der Waals surface area contributed by atoms with E-state index in [-0.39, 0.29) is 12.5 Å². The molecule has 0 saturated heterocycles. The molecule has 0 aliphatic heterocycles. The van der Waals surface area contributed by atoms with E-state index in [1.54, 1.807) is 13.8 Å². The van der Waals surface area contributed by atoms with Gasteiger partial charge in [0.15, 0.2) is 0 Å². The molecule has 0 radical (unpaired) electrons. The summed E-state index contributed by atoms with van der Waals surface area (Å²) in [6, 6.07) is 2.65. The first kappa shape index (κ1) is 16.5. The third-order valence-electron chi connectivity index (χ3n) is 2.92. The summed E-state index contributed by atoms with van der Waals surface area (Å²) in [5.74, 6) is -2.05. The van der Waals surface area contributed by atoms with E-state index in [0.717, 1.165) is 18.2 Å². The maximum absolute atomic E-state index is 13.5. The molecule has 1 aromatic rings. The number of likely N-dealkylation sites (N-methyl/N-ethyl adjacent to an activating group) is 1. The predicted molar refractivity (Wildman–Crippen MR) is 73.3 cm³/mol. The van der Waals surface area contributed by atoms with Gasteiger partial charge in [-0.3, -0.25) is 19.7 Å². The lowest BCUT2D eigenvalue weighted by Gasteiger charge is -2.18. The molecule has 0 aliphatic carbocycles. The van der Waals surface area contributed by atoms with E-state index in [1.807, 2.05) is 0 Å². The third kappa shape index (κ3) is 4.23. The van der Waals surface area contributed by atoms with Crippen LogP contribution in [0.15, 0.2) is 18.2 Å². The van der Waals surface area contributed by atoms with Crippen LogP contribution in [0.5, 0.6) is 0 Å². The van der Waals surface area contributed by atoms with Crippen LogP contribution in [0.3, 0.4) is 0 Å². The monoisotopic (exact) mass is 297 g/mol. The highest BCUT2D eigenvalue weighted by Crippen LogP contribution is 2.16. The molecule has 114 valence electrons. The number of carbonyl (C=O) groups excluding carboxylic acids is 2. The summed E-state index contributed by atoms with van der Waals surface area (Å²) < 4.78 is 13.5. The van der Waals surface area contributed by atoms with Crippen molar-refractivity contribution < 1.29 is 18.9 Å². The Labute approximate surface area is 120 Å². The molecule has 1 rings (SSSR count). The Morgan fingerprint density at radius 3 is 2.48 bits per heavy atom. The van der Waals surface area contributed by atoms with Crippen molar-refractivity contribution in [3.8, 4) is 0 Å². The second-order valence-corrected chi connectivity index (χ2v) is 4.17. The lowest BCUT2D eigenvalue weighted by Crippen LogP contribution is -2.40. The first-order chi connectivity index (χ1) is 9.90. The maximum atomic E-state index is 13.5. The van der Waals surface area contributed by atoms with Gasteiger partial charge >= 0.3 is 0 Å². The van der Waals surface area contributed by atoms with E-state index in [1.165, 1.54) is 4.90 Å². The lowest BCUT2D eigenvalue weighted by molar-refractivity contribution is -0.384. The molecule has 0 atom stereocenters. The minimum Gasteiger partial charge on any atom is -0.343 e. The number of benzene rings is 1. The predicted octanol–water partition coefficient (Wildman–Crippen LogP) is 1.33. The van der Waals surface area contributed by atoms with Crippen molar-refractivity contribution in [2.24, 2.45) is 0 Å². The molecule has 0 heterocycles. The molecule has 1 N–H and O–H groups in total. The molecular formula is C13H16FN3O4. The number of nitro benzene ring substituents is 1. The Morgan fingerprint density at radius 1 is 1.33 bits per heavy atom. The SMILES string of the molecule is CCN(CC)C(=O)CNC(=O)c1cc([N+](=O)[O-])ccc1F.